The fourth-order valence-electron chi connectivity index (χ4n) is 6.73. The van der Waals surface area contributed by atoms with E-state index >= 15 is 0 Å². The molecule has 0 saturated carbocycles. The Kier molecular flexibility index (Phi) is 7.90. The Balaban J connectivity index is 1.04. The number of piperazine rings is 1. The van der Waals surface area contributed by atoms with Crippen molar-refractivity contribution in [3.05, 3.63) is 59.8 Å². The Morgan fingerprint density at radius 2 is 1.51 bits per heavy atom. The molecule has 2 bridgehead atoms. The van der Waals surface area contributed by atoms with Gasteiger partial charge in [0.1, 0.15) is 5.82 Å². The fraction of sp³-hybridized carbons (Fsp3) is 0.485. The first-order valence-corrected chi connectivity index (χ1v) is 15.8. The summed E-state index contributed by atoms with van der Waals surface area (Å²) in [5.74, 6) is 1.82. The van der Waals surface area contributed by atoms with Crippen LogP contribution < -0.4 is 20.4 Å². The van der Waals surface area contributed by atoms with Crippen molar-refractivity contribution >= 4 is 28.9 Å². The molecule has 43 heavy (non-hydrogen) atoms. The molecule has 3 aromatic rings. The van der Waals surface area contributed by atoms with Gasteiger partial charge >= 0.3 is 6.03 Å². The Hall–Kier alpha value is -3.73. The van der Waals surface area contributed by atoms with Crippen molar-refractivity contribution in [1.82, 2.24) is 19.8 Å². The molecular weight excluding hydrogens is 540 g/mol. The van der Waals surface area contributed by atoms with Crippen LogP contribution in [0.4, 0.5) is 27.7 Å². The van der Waals surface area contributed by atoms with Crippen molar-refractivity contribution in [1.29, 1.82) is 0 Å². The van der Waals surface area contributed by atoms with Gasteiger partial charge in [0.2, 0.25) is 0 Å². The third-order valence-electron chi connectivity index (χ3n) is 9.31. The number of hydrogen-bond acceptors (Lipinski definition) is 8. The van der Waals surface area contributed by atoms with Crippen molar-refractivity contribution < 1.29 is 9.53 Å². The second kappa shape index (κ2) is 12.1. The van der Waals surface area contributed by atoms with Crippen molar-refractivity contribution in [3.8, 4) is 11.4 Å². The molecule has 5 heterocycles. The Morgan fingerprint density at radius 3 is 2.16 bits per heavy atom. The summed E-state index contributed by atoms with van der Waals surface area (Å²) in [6, 6.07) is 15.6. The summed E-state index contributed by atoms with van der Waals surface area (Å²) < 4.78 is 6.12. The molecule has 2 N–H and O–H groups in total. The number of amides is 2. The van der Waals surface area contributed by atoms with Crippen LogP contribution in [0.15, 0.2) is 48.5 Å². The average Bonchev–Trinajstić information content (AvgIpc) is 3.38. The van der Waals surface area contributed by atoms with E-state index in [0.717, 1.165) is 112 Å². The zero-order chi connectivity index (χ0) is 29.3. The van der Waals surface area contributed by atoms with Crippen molar-refractivity contribution in [2.24, 2.45) is 0 Å². The predicted octanol–water partition coefficient (Wildman–Crippen LogP) is 4.29. The highest BCUT2D eigenvalue weighted by atomic mass is 16.5. The molecule has 226 valence electrons. The van der Waals surface area contributed by atoms with Crippen LogP contribution in [0.25, 0.3) is 11.4 Å². The molecule has 2 unspecified atom stereocenters. The molecule has 4 aliphatic heterocycles. The Labute approximate surface area is 254 Å². The maximum Gasteiger partial charge on any atom is 0.323 e. The van der Waals surface area contributed by atoms with Gasteiger partial charge in [0, 0.05) is 80.5 Å². The molecule has 2 atom stereocenters. The smallest absolute Gasteiger partial charge is 0.323 e. The van der Waals surface area contributed by atoms with Gasteiger partial charge in [-0.15, -0.1) is 0 Å². The first-order valence-electron chi connectivity index (χ1n) is 15.8. The standard InChI is InChI=1S/C33H42N8O2/c1-3-39-15-14-29-30(22-39)36-31(37-32(29)41-20-27-12-13-28(21-41)43-27)23-4-6-24(7-5-23)34-33(42)35-25-8-10-26(11-9-25)40-18-16-38(2)17-19-40/h4-11,27-28H,3,12-22H2,1-2H3,(H2,34,35,42). The summed E-state index contributed by atoms with van der Waals surface area (Å²) in [7, 11) is 2.16. The second-order valence-corrected chi connectivity index (χ2v) is 12.3. The number of rotatable bonds is 6. The zero-order valence-corrected chi connectivity index (χ0v) is 25.3. The van der Waals surface area contributed by atoms with Gasteiger partial charge in [-0.2, -0.15) is 0 Å². The minimum absolute atomic E-state index is 0.269. The highest BCUT2D eigenvalue weighted by Gasteiger charge is 2.36. The maximum absolute atomic E-state index is 12.8. The van der Waals surface area contributed by atoms with Crippen LogP contribution in [0, 0.1) is 0 Å². The van der Waals surface area contributed by atoms with Gasteiger partial charge in [-0.3, -0.25) is 4.90 Å². The number of carbonyl (C=O) groups is 1. The minimum atomic E-state index is -0.269. The number of nitrogens with one attached hydrogen (secondary N) is 2. The van der Waals surface area contributed by atoms with Crippen LogP contribution in [0.3, 0.4) is 0 Å². The summed E-state index contributed by atoms with van der Waals surface area (Å²) in [4.78, 5) is 32.6. The summed E-state index contributed by atoms with van der Waals surface area (Å²) in [5, 5.41) is 5.91. The van der Waals surface area contributed by atoms with Gasteiger partial charge in [-0.05, 0) is 81.4 Å². The largest absolute Gasteiger partial charge is 0.371 e. The normalized spacial score (nSPS) is 22.4. The van der Waals surface area contributed by atoms with Crippen LogP contribution in [0.5, 0.6) is 0 Å². The van der Waals surface area contributed by atoms with Gasteiger partial charge in [0.05, 0.1) is 17.9 Å². The highest BCUT2D eigenvalue weighted by Crippen LogP contribution is 2.34. The number of morpholine rings is 1. The molecule has 0 aliphatic carbocycles. The maximum atomic E-state index is 12.8. The zero-order valence-electron chi connectivity index (χ0n) is 25.3. The SMILES string of the molecule is CCN1CCc2c(nc(-c3ccc(NC(=O)Nc4ccc(N5CCN(C)CC5)cc4)cc3)nc2N2CC3CCC(C2)O3)C1. The number of anilines is 4. The lowest BCUT2D eigenvalue weighted by Crippen LogP contribution is -2.44. The number of urea groups is 1. The van der Waals surface area contributed by atoms with Gasteiger partial charge in [0.25, 0.3) is 0 Å². The third kappa shape index (κ3) is 6.18. The number of fused-ring (bicyclic) bond motifs is 3. The van der Waals surface area contributed by atoms with Crippen LogP contribution >= 0.6 is 0 Å². The first kappa shape index (κ1) is 28.1. The van der Waals surface area contributed by atoms with E-state index in [0.29, 0.717) is 12.2 Å². The van der Waals surface area contributed by atoms with Crippen LogP contribution in [-0.4, -0.2) is 97.4 Å². The Bertz CT molecular complexity index is 1430. The van der Waals surface area contributed by atoms with Gasteiger partial charge in [-0.25, -0.2) is 14.8 Å². The quantitative estimate of drug-likeness (QED) is 0.445. The molecule has 0 spiro atoms. The number of likely N-dealkylation sites (N-methyl/N-ethyl adjacent to an activating group) is 2. The third-order valence-corrected chi connectivity index (χ3v) is 9.31. The Morgan fingerprint density at radius 1 is 0.860 bits per heavy atom. The molecule has 4 aliphatic rings. The number of hydrogen-bond donors (Lipinski definition) is 2. The molecule has 0 radical (unpaired) electrons. The fourth-order valence-corrected chi connectivity index (χ4v) is 6.73. The van der Waals surface area contributed by atoms with E-state index < -0.39 is 0 Å². The lowest BCUT2D eigenvalue weighted by Gasteiger charge is -2.36. The summed E-state index contributed by atoms with van der Waals surface area (Å²) in [6.45, 7) is 11.1. The van der Waals surface area contributed by atoms with E-state index in [1.54, 1.807) is 0 Å². The van der Waals surface area contributed by atoms with Crippen molar-refractivity contribution in [2.45, 2.75) is 44.9 Å². The van der Waals surface area contributed by atoms with E-state index in [9.17, 15) is 4.79 Å². The van der Waals surface area contributed by atoms with Gasteiger partial charge < -0.3 is 30.1 Å². The molecule has 2 amide bonds. The first-order chi connectivity index (χ1) is 21.0. The van der Waals surface area contributed by atoms with Crippen LogP contribution in [0.1, 0.15) is 31.0 Å². The van der Waals surface area contributed by atoms with E-state index in [1.165, 1.54) is 11.3 Å². The monoisotopic (exact) mass is 582 g/mol. The molecule has 10 nitrogen and oxygen atoms in total. The number of ether oxygens (including phenoxy) is 1. The van der Waals surface area contributed by atoms with Gasteiger partial charge in [0.15, 0.2) is 5.82 Å². The summed E-state index contributed by atoms with van der Waals surface area (Å²) >= 11 is 0. The number of carbonyl (C=O) groups excluding carboxylic acids is 1. The van der Waals surface area contributed by atoms with E-state index in [1.807, 2.05) is 36.4 Å². The predicted molar refractivity (Wildman–Crippen MR) is 171 cm³/mol. The summed E-state index contributed by atoms with van der Waals surface area (Å²) in [5.41, 5.74) is 6.04. The van der Waals surface area contributed by atoms with Crippen LogP contribution in [-0.2, 0) is 17.7 Å². The topological polar surface area (TPSA) is 89.1 Å². The second-order valence-electron chi connectivity index (χ2n) is 12.3. The molecule has 3 saturated heterocycles. The van der Waals surface area contributed by atoms with Crippen LogP contribution in [0.2, 0.25) is 0 Å². The molecule has 3 fully saturated rings. The van der Waals surface area contributed by atoms with Crippen molar-refractivity contribution in [3.63, 3.8) is 0 Å². The molecule has 1 aromatic heterocycles. The average molecular weight is 583 g/mol. The lowest BCUT2D eigenvalue weighted by molar-refractivity contribution is 0.0301. The number of nitrogens with zero attached hydrogens (tertiary/aromatic N) is 6. The molecule has 7 rings (SSSR count). The van der Waals surface area contributed by atoms with Crippen molar-refractivity contribution in [2.75, 3.05) is 79.8 Å². The minimum Gasteiger partial charge on any atom is -0.371 e. The van der Waals surface area contributed by atoms with Gasteiger partial charge in [-0.1, -0.05) is 6.92 Å². The summed E-state index contributed by atoms with van der Waals surface area (Å²) in [6.07, 6.45) is 3.84. The van der Waals surface area contributed by atoms with E-state index in [4.69, 9.17) is 14.7 Å². The molecular formula is C33H42N8O2. The van der Waals surface area contributed by atoms with E-state index in [-0.39, 0.29) is 6.03 Å². The molecule has 10 heteroatoms. The lowest BCUT2D eigenvalue weighted by atomic mass is 10.0. The number of benzene rings is 2. The number of aromatic nitrogens is 2. The molecule has 2 aromatic carbocycles. The van der Waals surface area contributed by atoms with E-state index in [2.05, 4.69) is 56.3 Å². The highest BCUT2D eigenvalue weighted by molar-refractivity contribution is 5.99.